The molecule has 0 saturated carbocycles. The lowest BCUT2D eigenvalue weighted by atomic mass is 9.78. The number of epoxide rings is 2. The predicted molar refractivity (Wildman–Crippen MR) is 114 cm³/mol. The normalized spacial score (nSPS) is 22.8. The molecule has 4 atom stereocenters. The molecule has 4 unspecified atom stereocenters. The zero-order valence-corrected chi connectivity index (χ0v) is 17.9. The number of hydrogen-bond acceptors (Lipinski definition) is 4. The lowest BCUT2D eigenvalue weighted by molar-refractivity contribution is 0.0539. The van der Waals surface area contributed by atoms with Crippen LogP contribution in [0.1, 0.15) is 56.9 Å². The van der Waals surface area contributed by atoms with Crippen LogP contribution in [0.5, 0.6) is 5.75 Å². The average molecular weight is 397 g/mol. The van der Waals surface area contributed by atoms with Crippen LogP contribution in [0.25, 0.3) is 0 Å². The van der Waals surface area contributed by atoms with Gasteiger partial charge in [0, 0.05) is 11.8 Å². The molecule has 4 heteroatoms. The third-order valence-electron chi connectivity index (χ3n) is 5.95. The second-order valence-electron chi connectivity index (χ2n) is 8.82. The standard InChI is InChI=1S/C25H32O4/c1-17(13-23-14-27-23)29-22-11-9-21(10-12-22)25(3,4)20-7-5-19(6-8-20)18(2)26-15-24-16-28-24/h5-12,17-18,23-24H,13-16H2,1-4H3. The molecule has 0 amide bonds. The van der Waals surface area contributed by atoms with Gasteiger partial charge < -0.3 is 18.9 Å². The Labute approximate surface area is 174 Å². The summed E-state index contributed by atoms with van der Waals surface area (Å²) in [5, 5.41) is 0. The third-order valence-corrected chi connectivity index (χ3v) is 5.95. The Balaban J connectivity index is 1.38. The quantitative estimate of drug-likeness (QED) is 0.528. The van der Waals surface area contributed by atoms with Gasteiger partial charge >= 0.3 is 0 Å². The first-order valence-electron chi connectivity index (χ1n) is 10.6. The monoisotopic (exact) mass is 396 g/mol. The van der Waals surface area contributed by atoms with Crippen molar-refractivity contribution in [3.63, 3.8) is 0 Å². The highest BCUT2D eigenvalue weighted by atomic mass is 16.6. The molecule has 0 radical (unpaired) electrons. The first kappa shape index (κ1) is 20.4. The van der Waals surface area contributed by atoms with Gasteiger partial charge in [0.2, 0.25) is 0 Å². The van der Waals surface area contributed by atoms with E-state index in [0.29, 0.717) is 18.8 Å². The molecule has 2 aliphatic heterocycles. The van der Waals surface area contributed by atoms with E-state index in [1.165, 1.54) is 16.7 Å². The van der Waals surface area contributed by atoms with E-state index in [4.69, 9.17) is 18.9 Å². The number of rotatable bonds is 10. The summed E-state index contributed by atoms with van der Waals surface area (Å²) in [5.41, 5.74) is 3.66. The molecule has 0 spiro atoms. The van der Waals surface area contributed by atoms with Crippen LogP contribution in [0.15, 0.2) is 48.5 Å². The van der Waals surface area contributed by atoms with E-state index < -0.39 is 0 Å². The molecular formula is C25H32O4. The zero-order valence-electron chi connectivity index (χ0n) is 17.9. The minimum atomic E-state index is -0.0868. The van der Waals surface area contributed by atoms with Crippen molar-refractivity contribution < 1.29 is 18.9 Å². The molecule has 2 aromatic rings. The average Bonchev–Trinajstić information content (AvgIpc) is 3.62. The van der Waals surface area contributed by atoms with E-state index in [1.807, 2.05) is 0 Å². The molecule has 4 rings (SSSR count). The Morgan fingerprint density at radius 3 is 2.00 bits per heavy atom. The molecule has 2 aromatic carbocycles. The number of benzene rings is 2. The van der Waals surface area contributed by atoms with Crippen molar-refractivity contribution in [2.75, 3.05) is 19.8 Å². The maximum Gasteiger partial charge on any atom is 0.119 e. The molecule has 2 fully saturated rings. The summed E-state index contributed by atoms with van der Waals surface area (Å²) in [7, 11) is 0. The van der Waals surface area contributed by atoms with Gasteiger partial charge in [-0.1, -0.05) is 50.2 Å². The van der Waals surface area contributed by atoms with Gasteiger partial charge in [-0.3, -0.25) is 0 Å². The summed E-state index contributed by atoms with van der Waals surface area (Å²) in [6, 6.07) is 17.3. The fourth-order valence-electron chi connectivity index (χ4n) is 3.65. The van der Waals surface area contributed by atoms with Gasteiger partial charge in [-0.05, 0) is 42.7 Å². The van der Waals surface area contributed by atoms with Crippen LogP contribution in [0.2, 0.25) is 0 Å². The molecule has 4 nitrogen and oxygen atoms in total. The van der Waals surface area contributed by atoms with E-state index in [1.54, 1.807) is 0 Å². The van der Waals surface area contributed by atoms with Gasteiger partial charge in [0.1, 0.15) is 11.9 Å². The Morgan fingerprint density at radius 1 is 0.897 bits per heavy atom. The van der Waals surface area contributed by atoms with Crippen LogP contribution in [-0.4, -0.2) is 38.1 Å². The van der Waals surface area contributed by atoms with Crippen LogP contribution < -0.4 is 4.74 Å². The van der Waals surface area contributed by atoms with Crippen molar-refractivity contribution in [1.82, 2.24) is 0 Å². The maximum absolute atomic E-state index is 6.02. The molecule has 0 aromatic heterocycles. The van der Waals surface area contributed by atoms with E-state index in [0.717, 1.165) is 25.4 Å². The summed E-state index contributed by atoms with van der Waals surface area (Å²) >= 11 is 0. The van der Waals surface area contributed by atoms with Crippen molar-refractivity contribution in [3.8, 4) is 5.75 Å². The van der Waals surface area contributed by atoms with Crippen LogP contribution in [-0.2, 0) is 19.6 Å². The topological polar surface area (TPSA) is 43.5 Å². The lowest BCUT2D eigenvalue weighted by Crippen LogP contribution is -2.19. The predicted octanol–water partition coefficient (Wildman–Crippen LogP) is 5.05. The number of ether oxygens (including phenoxy) is 4. The van der Waals surface area contributed by atoms with Gasteiger partial charge in [0.15, 0.2) is 0 Å². The largest absolute Gasteiger partial charge is 0.491 e. The molecule has 0 N–H and O–H groups in total. The molecular weight excluding hydrogens is 364 g/mol. The van der Waals surface area contributed by atoms with Crippen LogP contribution in [0.4, 0.5) is 0 Å². The van der Waals surface area contributed by atoms with Crippen LogP contribution in [0.3, 0.4) is 0 Å². The third kappa shape index (κ3) is 5.39. The summed E-state index contributed by atoms with van der Waals surface area (Å²) < 4.78 is 22.4. The Bertz CT molecular complexity index is 789. The summed E-state index contributed by atoms with van der Waals surface area (Å²) in [4.78, 5) is 0. The van der Waals surface area contributed by atoms with Gasteiger partial charge in [0.05, 0.1) is 38.1 Å². The summed E-state index contributed by atoms with van der Waals surface area (Å²) in [6.45, 7) is 11.1. The second-order valence-corrected chi connectivity index (χ2v) is 8.82. The molecule has 0 bridgehead atoms. The Kier molecular flexibility index (Phi) is 5.95. The van der Waals surface area contributed by atoms with E-state index >= 15 is 0 Å². The molecule has 2 aliphatic rings. The first-order valence-corrected chi connectivity index (χ1v) is 10.6. The first-order chi connectivity index (χ1) is 13.9. The highest BCUT2D eigenvalue weighted by molar-refractivity contribution is 5.41. The summed E-state index contributed by atoms with van der Waals surface area (Å²) in [6.07, 6.45) is 1.89. The van der Waals surface area contributed by atoms with E-state index in [2.05, 4.69) is 76.2 Å². The van der Waals surface area contributed by atoms with Crippen molar-refractivity contribution in [2.45, 2.75) is 63.9 Å². The van der Waals surface area contributed by atoms with Crippen molar-refractivity contribution in [1.29, 1.82) is 0 Å². The van der Waals surface area contributed by atoms with Gasteiger partial charge in [-0.25, -0.2) is 0 Å². The van der Waals surface area contributed by atoms with Crippen molar-refractivity contribution >= 4 is 0 Å². The zero-order chi connectivity index (χ0) is 20.4. The van der Waals surface area contributed by atoms with Crippen LogP contribution in [0, 0.1) is 0 Å². The minimum Gasteiger partial charge on any atom is -0.491 e. The van der Waals surface area contributed by atoms with E-state index in [9.17, 15) is 0 Å². The summed E-state index contributed by atoms with van der Waals surface area (Å²) in [5.74, 6) is 0.915. The van der Waals surface area contributed by atoms with Crippen molar-refractivity contribution in [3.05, 3.63) is 65.2 Å². The fraction of sp³-hybridized carbons (Fsp3) is 0.520. The molecule has 0 aliphatic carbocycles. The number of hydrogen-bond donors (Lipinski definition) is 0. The highest BCUT2D eigenvalue weighted by Gasteiger charge is 2.27. The smallest absolute Gasteiger partial charge is 0.119 e. The molecule has 2 heterocycles. The second kappa shape index (κ2) is 8.47. The molecule has 2 saturated heterocycles. The highest BCUT2D eigenvalue weighted by Crippen LogP contribution is 2.33. The minimum absolute atomic E-state index is 0.0795. The molecule has 156 valence electrons. The van der Waals surface area contributed by atoms with E-state index in [-0.39, 0.29) is 17.6 Å². The Morgan fingerprint density at radius 2 is 1.45 bits per heavy atom. The Hall–Kier alpha value is -1.88. The van der Waals surface area contributed by atoms with Gasteiger partial charge in [0.25, 0.3) is 0 Å². The van der Waals surface area contributed by atoms with Crippen molar-refractivity contribution in [2.24, 2.45) is 0 Å². The fourth-order valence-corrected chi connectivity index (χ4v) is 3.65. The van der Waals surface area contributed by atoms with Gasteiger partial charge in [-0.15, -0.1) is 0 Å². The van der Waals surface area contributed by atoms with Crippen LogP contribution >= 0.6 is 0 Å². The molecule has 29 heavy (non-hydrogen) atoms. The maximum atomic E-state index is 6.02. The lowest BCUT2D eigenvalue weighted by Gasteiger charge is -2.27. The SMILES string of the molecule is CC(CC1CO1)Oc1ccc(C(C)(C)c2ccc(C(C)OCC3CO3)cc2)cc1. The van der Waals surface area contributed by atoms with Gasteiger partial charge in [-0.2, -0.15) is 0 Å².